The number of carbonyl (C=O) groups excluding carboxylic acids is 1. The number of nitrogens with zero attached hydrogens (tertiary/aromatic N) is 4. The lowest BCUT2D eigenvalue weighted by Gasteiger charge is -2.39. The molecule has 3 aromatic carbocycles. The fraction of sp³-hybridized carbons (Fsp3) is 0.235. The molecule has 10 heteroatoms. The summed E-state index contributed by atoms with van der Waals surface area (Å²) in [6.45, 7) is 3.13. The van der Waals surface area contributed by atoms with E-state index in [1.54, 1.807) is 48.5 Å². The van der Waals surface area contributed by atoms with Gasteiger partial charge in [0, 0.05) is 30.0 Å². The molecular formula is C34H28F2N4O4. The fourth-order valence-corrected chi connectivity index (χ4v) is 5.20. The zero-order chi connectivity index (χ0) is 30.8. The van der Waals surface area contributed by atoms with Crippen LogP contribution in [0.1, 0.15) is 46.2 Å². The minimum Gasteiger partial charge on any atom is -0.473 e. The van der Waals surface area contributed by atoms with Gasteiger partial charge in [0.1, 0.15) is 24.1 Å². The lowest BCUT2D eigenvalue weighted by atomic mass is 9.97. The molecule has 0 amide bonds. The molecule has 6 rings (SSSR count). The van der Waals surface area contributed by atoms with Crippen LogP contribution in [0.5, 0.6) is 5.88 Å². The molecule has 0 radical (unpaired) electrons. The summed E-state index contributed by atoms with van der Waals surface area (Å²) in [6.07, 6.45) is 1.10. The molecule has 2 aromatic heterocycles. The molecule has 1 aliphatic rings. The van der Waals surface area contributed by atoms with Crippen molar-refractivity contribution in [3.63, 3.8) is 0 Å². The quantitative estimate of drug-likeness (QED) is 0.183. The van der Waals surface area contributed by atoms with Gasteiger partial charge >= 0.3 is 5.97 Å². The number of nitriles is 1. The second kappa shape index (κ2) is 11.9. The predicted octanol–water partition coefficient (Wildman–Crippen LogP) is 6.38. The molecule has 0 N–H and O–H groups in total. The first-order valence-corrected chi connectivity index (χ1v) is 14.0. The highest BCUT2D eigenvalue weighted by Crippen LogP contribution is 2.32. The highest BCUT2D eigenvalue weighted by atomic mass is 19.1. The Bertz CT molecular complexity index is 1930. The van der Waals surface area contributed by atoms with Crippen molar-refractivity contribution in [3.8, 4) is 23.2 Å². The Morgan fingerprint density at radius 1 is 1.05 bits per heavy atom. The first kappa shape index (κ1) is 29.0. The van der Waals surface area contributed by atoms with Crippen LogP contribution in [0.2, 0.25) is 0 Å². The van der Waals surface area contributed by atoms with Crippen LogP contribution >= 0.6 is 0 Å². The largest absolute Gasteiger partial charge is 0.473 e. The molecule has 0 bridgehead atoms. The second-order valence-electron chi connectivity index (χ2n) is 10.9. The Labute approximate surface area is 252 Å². The number of ether oxygens (including phenoxy) is 3. The summed E-state index contributed by atoms with van der Waals surface area (Å²) in [4.78, 5) is 21.5. The van der Waals surface area contributed by atoms with Gasteiger partial charge in [-0.25, -0.2) is 23.5 Å². The maximum atomic E-state index is 15.6. The Morgan fingerprint density at radius 3 is 2.55 bits per heavy atom. The van der Waals surface area contributed by atoms with E-state index in [1.807, 2.05) is 17.6 Å². The number of hydrogen-bond acceptors (Lipinski definition) is 7. The molecule has 1 aliphatic heterocycles. The van der Waals surface area contributed by atoms with E-state index in [1.165, 1.54) is 25.3 Å². The number of methoxy groups -OCH3 is 1. The third kappa shape index (κ3) is 5.87. The number of pyridine rings is 1. The van der Waals surface area contributed by atoms with Gasteiger partial charge in [-0.3, -0.25) is 0 Å². The number of benzene rings is 3. The van der Waals surface area contributed by atoms with E-state index in [4.69, 9.17) is 24.5 Å². The first-order valence-electron chi connectivity index (χ1n) is 14.0. The summed E-state index contributed by atoms with van der Waals surface area (Å²) in [5.74, 6) is -0.505. The van der Waals surface area contributed by atoms with Gasteiger partial charge in [-0.2, -0.15) is 5.26 Å². The van der Waals surface area contributed by atoms with Crippen molar-refractivity contribution in [2.75, 3.05) is 13.7 Å². The van der Waals surface area contributed by atoms with Gasteiger partial charge in [-0.05, 0) is 55.0 Å². The molecule has 8 nitrogen and oxygen atoms in total. The topological polar surface area (TPSA) is 99.3 Å². The number of hydrogen-bond donors (Lipinski definition) is 0. The summed E-state index contributed by atoms with van der Waals surface area (Å²) < 4.78 is 48.2. The predicted molar refractivity (Wildman–Crippen MR) is 158 cm³/mol. The number of fused-ring (bicyclic) bond motifs is 1. The molecule has 222 valence electrons. The van der Waals surface area contributed by atoms with Crippen molar-refractivity contribution in [3.05, 3.63) is 113 Å². The average molecular weight is 595 g/mol. The lowest BCUT2D eigenvalue weighted by molar-refractivity contribution is -0.142. The minimum absolute atomic E-state index is 0.0759. The fourth-order valence-electron chi connectivity index (χ4n) is 5.20. The minimum atomic E-state index is -0.537. The molecule has 0 saturated carbocycles. The molecule has 44 heavy (non-hydrogen) atoms. The third-order valence-electron chi connectivity index (χ3n) is 7.80. The van der Waals surface area contributed by atoms with Gasteiger partial charge in [-0.15, -0.1) is 0 Å². The van der Waals surface area contributed by atoms with Crippen LogP contribution in [0.25, 0.3) is 22.3 Å². The van der Waals surface area contributed by atoms with Crippen molar-refractivity contribution < 1.29 is 27.8 Å². The van der Waals surface area contributed by atoms with Crippen molar-refractivity contribution in [1.82, 2.24) is 14.5 Å². The highest BCUT2D eigenvalue weighted by molar-refractivity contribution is 5.93. The van der Waals surface area contributed by atoms with Crippen LogP contribution in [0.3, 0.4) is 0 Å². The summed E-state index contributed by atoms with van der Waals surface area (Å²) in [5, 5.41) is 8.93. The second-order valence-corrected chi connectivity index (χ2v) is 10.9. The SMILES string of the molecule is COC(=O)c1ccc2nc(Cc3ccc(-c4cccc(OCc5ccc(C#N)cc5F)n4)cc3F)n(C[C@@]3(C)CCO3)c2c1. The van der Waals surface area contributed by atoms with E-state index in [2.05, 4.69) is 4.98 Å². The number of rotatable bonds is 9. The van der Waals surface area contributed by atoms with E-state index < -0.39 is 17.6 Å². The summed E-state index contributed by atoms with van der Waals surface area (Å²) in [7, 11) is 1.34. The van der Waals surface area contributed by atoms with Crippen LogP contribution in [0, 0.1) is 23.0 Å². The van der Waals surface area contributed by atoms with Gasteiger partial charge < -0.3 is 18.8 Å². The molecule has 0 spiro atoms. The van der Waals surface area contributed by atoms with E-state index in [9.17, 15) is 9.18 Å². The number of imidazole rings is 1. The Balaban J connectivity index is 1.24. The van der Waals surface area contributed by atoms with E-state index >= 15 is 4.39 Å². The van der Waals surface area contributed by atoms with Crippen LogP contribution in [-0.4, -0.2) is 39.8 Å². The van der Waals surface area contributed by atoms with Gasteiger partial charge in [0.2, 0.25) is 5.88 Å². The molecule has 1 saturated heterocycles. The van der Waals surface area contributed by atoms with Gasteiger partial charge in [-0.1, -0.05) is 24.3 Å². The maximum absolute atomic E-state index is 15.6. The van der Waals surface area contributed by atoms with Crippen molar-refractivity contribution >= 4 is 17.0 Å². The number of carbonyl (C=O) groups is 1. The van der Waals surface area contributed by atoms with Crippen molar-refractivity contribution in [2.45, 2.75) is 38.5 Å². The van der Waals surface area contributed by atoms with Crippen molar-refractivity contribution in [2.24, 2.45) is 0 Å². The number of aromatic nitrogens is 3. The van der Waals surface area contributed by atoms with E-state index in [0.717, 1.165) is 18.0 Å². The standard InChI is InChI=1S/C34H28F2N4O4/c1-34(12-13-44-34)20-40-30-16-24(33(41)42-2)10-11-29(30)38-31(40)17-22-8-9-23(15-27(22)36)28-4-3-5-32(39-28)43-19-25-7-6-21(18-37)14-26(25)35/h3-11,14-16H,12-13,17,19-20H2,1-2H3/t34-/m1/s1. The van der Waals surface area contributed by atoms with Gasteiger partial charge in [0.15, 0.2) is 0 Å². The Morgan fingerprint density at radius 2 is 1.84 bits per heavy atom. The van der Waals surface area contributed by atoms with Gasteiger partial charge in [0.25, 0.3) is 0 Å². The van der Waals surface area contributed by atoms with Crippen LogP contribution in [0.15, 0.2) is 72.8 Å². The normalized spacial score (nSPS) is 15.9. The lowest BCUT2D eigenvalue weighted by Crippen LogP contribution is -2.44. The molecule has 1 fully saturated rings. The first-order chi connectivity index (χ1) is 21.2. The van der Waals surface area contributed by atoms with Crippen LogP contribution in [0.4, 0.5) is 8.78 Å². The molecule has 3 heterocycles. The molecule has 1 atom stereocenters. The maximum Gasteiger partial charge on any atom is 0.337 e. The number of halogens is 2. The van der Waals surface area contributed by atoms with Crippen LogP contribution < -0.4 is 4.74 Å². The van der Waals surface area contributed by atoms with Gasteiger partial charge in [0.05, 0.1) is 59.8 Å². The Kier molecular flexibility index (Phi) is 7.80. The van der Waals surface area contributed by atoms with Crippen molar-refractivity contribution in [1.29, 1.82) is 5.26 Å². The molecule has 0 aliphatic carbocycles. The summed E-state index contributed by atoms with van der Waals surface area (Å²) in [5.41, 5.74) is 3.47. The Hall–Kier alpha value is -5.14. The molecule has 5 aromatic rings. The zero-order valence-corrected chi connectivity index (χ0v) is 24.1. The molecular weight excluding hydrogens is 566 g/mol. The average Bonchev–Trinajstić information content (AvgIpc) is 3.35. The van der Waals surface area contributed by atoms with E-state index in [0.29, 0.717) is 46.9 Å². The highest BCUT2D eigenvalue weighted by Gasteiger charge is 2.35. The summed E-state index contributed by atoms with van der Waals surface area (Å²) in [6, 6.07) is 21.3. The number of esters is 1. The van der Waals surface area contributed by atoms with E-state index in [-0.39, 0.29) is 35.6 Å². The smallest absolute Gasteiger partial charge is 0.337 e. The molecule has 0 unspecified atom stereocenters. The third-order valence-corrected chi connectivity index (χ3v) is 7.80. The monoisotopic (exact) mass is 594 g/mol. The van der Waals surface area contributed by atoms with Crippen LogP contribution in [-0.2, 0) is 29.0 Å². The summed E-state index contributed by atoms with van der Waals surface area (Å²) >= 11 is 0. The zero-order valence-electron chi connectivity index (χ0n) is 24.1.